The van der Waals surface area contributed by atoms with Gasteiger partial charge in [-0.05, 0) is 38.3 Å². The molecule has 1 aliphatic heterocycles. The number of benzene rings is 1. The van der Waals surface area contributed by atoms with Crippen LogP contribution in [0.15, 0.2) is 12.1 Å². The molecule has 0 spiro atoms. The Morgan fingerprint density at radius 2 is 2.00 bits per heavy atom. The van der Waals surface area contributed by atoms with Crippen molar-refractivity contribution >= 4 is 17.5 Å². The van der Waals surface area contributed by atoms with E-state index in [9.17, 15) is 4.79 Å². The lowest BCUT2D eigenvalue weighted by atomic mass is 10.1. The molecule has 1 aromatic carbocycles. The zero-order valence-corrected chi connectivity index (χ0v) is 12.7. The Kier molecular flexibility index (Phi) is 5.12. The number of carbonyl (C=O) groups is 1. The topological polar surface area (TPSA) is 38.8 Å². The molecule has 4 nitrogen and oxygen atoms in total. The molecule has 0 unspecified atom stereocenters. The molecule has 5 heteroatoms. The Bertz CT molecular complexity index is 484. The van der Waals surface area contributed by atoms with Gasteiger partial charge in [0.05, 0.1) is 18.7 Å². The minimum absolute atomic E-state index is 0.00736. The number of methoxy groups -OCH3 is 1. The molecule has 1 aliphatic rings. The molecule has 0 atom stereocenters. The first kappa shape index (κ1) is 15.0. The fraction of sp³-hybridized carbons (Fsp3) is 0.533. The molecule has 20 heavy (non-hydrogen) atoms. The van der Waals surface area contributed by atoms with Crippen molar-refractivity contribution in [2.75, 3.05) is 26.8 Å². The molecule has 0 N–H and O–H groups in total. The fourth-order valence-electron chi connectivity index (χ4n) is 2.41. The van der Waals surface area contributed by atoms with E-state index in [4.69, 9.17) is 21.1 Å². The van der Waals surface area contributed by atoms with Crippen molar-refractivity contribution in [3.63, 3.8) is 0 Å². The van der Waals surface area contributed by atoms with Crippen LogP contribution in [-0.4, -0.2) is 37.6 Å². The van der Waals surface area contributed by atoms with Crippen LogP contribution >= 0.6 is 11.6 Å². The van der Waals surface area contributed by atoms with Gasteiger partial charge in [-0.2, -0.15) is 0 Å². The van der Waals surface area contributed by atoms with E-state index >= 15 is 0 Å². The number of ether oxygens (including phenoxy) is 2. The Morgan fingerprint density at radius 3 is 2.60 bits per heavy atom. The van der Waals surface area contributed by atoms with Gasteiger partial charge in [-0.25, -0.2) is 0 Å². The minimum Gasteiger partial charge on any atom is -0.493 e. The van der Waals surface area contributed by atoms with Crippen LogP contribution in [-0.2, 0) is 0 Å². The van der Waals surface area contributed by atoms with Crippen LogP contribution in [0.25, 0.3) is 0 Å². The van der Waals surface area contributed by atoms with Crippen molar-refractivity contribution in [2.45, 2.75) is 26.2 Å². The third-order valence-corrected chi connectivity index (χ3v) is 3.69. The van der Waals surface area contributed by atoms with Gasteiger partial charge in [-0.3, -0.25) is 4.79 Å². The number of halogens is 1. The summed E-state index contributed by atoms with van der Waals surface area (Å²) >= 11 is 6.20. The van der Waals surface area contributed by atoms with Crippen molar-refractivity contribution in [1.29, 1.82) is 0 Å². The fourth-order valence-corrected chi connectivity index (χ4v) is 2.67. The van der Waals surface area contributed by atoms with E-state index in [-0.39, 0.29) is 5.91 Å². The highest BCUT2D eigenvalue weighted by Crippen LogP contribution is 2.36. The molecule has 110 valence electrons. The molecular formula is C15H20ClNO3. The van der Waals surface area contributed by atoms with E-state index in [0.717, 1.165) is 25.9 Å². The summed E-state index contributed by atoms with van der Waals surface area (Å²) in [6, 6.07) is 3.36. The minimum atomic E-state index is 0.00736. The second kappa shape index (κ2) is 6.84. The summed E-state index contributed by atoms with van der Waals surface area (Å²) in [6.07, 6.45) is 3.32. The van der Waals surface area contributed by atoms with Crippen molar-refractivity contribution in [3.8, 4) is 11.5 Å². The van der Waals surface area contributed by atoms with Gasteiger partial charge in [0.15, 0.2) is 11.5 Å². The summed E-state index contributed by atoms with van der Waals surface area (Å²) in [7, 11) is 1.54. The number of nitrogens with zero attached hydrogens (tertiary/aromatic N) is 1. The Balaban J connectivity index is 2.27. The van der Waals surface area contributed by atoms with Gasteiger partial charge >= 0.3 is 0 Å². The summed E-state index contributed by atoms with van der Waals surface area (Å²) < 4.78 is 10.7. The summed E-state index contributed by atoms with van der Waals surface area (Å²) in [5.41, 5.74) is 0.553. The lowest BCUT2D eigenvalue weighted by molar-refractivity contribution is 0.0724. The first-order chi connectivity index (χ1) is 9.67. The maximum absolute atomic E-state index is 12.5. The van der Waals surface area contributed by atoms with Gasteiger partial charge in [-0.1, -0.05) is 11.6 Å². The van der Waals surface area contributed by atoms with Gasteiger partial charge in [0.1, 0.15) is 0 Å². The predicted octanol–water partition coefficient (Wildman–Crippen LogP) is 3.37. The molecule has 1 heterocycles. The zero-order chi connectivity index (χ0) is 14.5. The quantitative estimate of drug-likeness (QED) is 0.855. The molecule has 1 aromatic rings. The molecule has 0 aliphatic carbocycles. The lowest BCUT2D eigenvalue weighted by Crippen LogP contribution is -2.35. The van der Waals surface area contributed by atoms with Crippen LogP contribution in [0, 0.1) is 0 Å². The summed E-state index contributed by atoms with van der Waals surface area (Å²) in [5, 5.41) is 0.409. The van der Waals surface area contributed by atoms with E-state index in [1.807, 2.05) is 11.8 Å². The lowest BCUT2D eigenvalue weighted by Gasteiger charge is -2.27. The molecule has 1 saturated heterocycles. The Morgan fingerprint density at radius 1 is 1.30 bits per heavy atom. The third kappa shape index (κ3) is 3.18. The normalized spacial score (nSPS) is 15.1. The van der Waals surface area contributed by atoms with Gasteiger partial charge < -0.3 is 14.4 Å². The molecular weight excluding hydrogens is 278 g/mol. The van der Waals surface area contributed by atoms with Crippen LogP contribution in [0.4, 0.5) is 0 Å². The second-order valence-electron chi connectivity index (χ2n) is 4.78. The molecule has 0 bridgehead atoms. The van der Waals surface area contributed by atoms with E-state index < -0.39 is 0 Å². The summed E-state index contributed by atoms with van der Waals surface area (Å²) in [6.45, 7) is 4.00. The van der Waals surface area contributed by atoms with E-state index in [2.05, 4.69) is 0 Å². The number of rotatable bonds is 4. The van der Waals surface area contributed by atoms with Crippen LogP contribution < -0.4 is 9.47 Å². The summed E-state index contributed by atoms with van der Waals surface area (Å²) in [4.78, 5) is 14.3. The van der Waals surface area contributed by atoms with Gasteiger partial charge in [0.2, 0.25) is 0 Å². The highest BCUT2D eigenvalue weighted by Gasteiger charge is 2.21. The SMILES string of the molecule is CCOc1c(Cl)cc(C(=O)N2CCCCC2)cc1OC. The standard InChI is InChI=1S/C15H20ClNO3/c1-3-20-14-12(16)9-11(10-13(14)19-2)15(18)17-7-5-4-6-8-17/h9-10H,3-8H2,1-2H3. The van der Waals surface area contributed by atoms with E-state index in [1.165, 1.54) is 6.42 Å². The summed E-state index contributed by atoms with van der Waals surface area (Å²) in [5.74, 6) is 1.000. The molecule has 0 aromatic heterocycles. The highest BCUT2D eigenvalue weighted by molar-refractivity contribution is 6.32. The molecule has 0 radical (unpaired) electrons. The average Bonchev–Trinajstić information content (AvgIpc) is 2.49. The van der Waals surface area contributed by atoms with Gasteiger partial charge in [-0.15, -0.1) is 0 Å². The Hall–Kier alpha value is -1.42. The van der Waals surface area contributed by atoms with E-state index in [1.54, 1.807) is 19.2 Å². The van der Waals surface area contributed by atoms with Crippen LogP contribution in [0.3, 0.4) is 0 Å². The van der Waals surface area contributed by atoms with Crippen molar-refractivity contribution in [1.82, 2.24) is 4.90 Å². The molecule has 1 amide bonds. The number of hydrogen-bond donors (Lipinski definition) is 0. The van der Waals surface area contributed by atoms with Crippen molar-refractivity contribution in [2.24, 2.45) is 0 Å². The van der Waals surface area contributed by atoms with Gasteiger partial charge in [0, 0.05) is 18.7 Å². The van der Waals surface area contributed by atoms with Crippen LogP contribution in [0.2, 0.25) is 5.02 Å². The smallest absolute Gasteiger partial charge is 0.254 e. The Labute approximate surface area is 124 Å². The monoisotopic (exact) mass is 297 g/mol. The van der Waals surface area contributed by atoms with Crippen LogP contribution in [0.5, 0.6) is 11.5 Å². The second-order valence-corrected chi connectivity index (χ2v) is 5.18. The highest BCUT2D eigenvalue weighted by atomic mass is 35.5. The molecule has 1 fully saturated rings. The largest absolute Gasteiger partial charge is 0.493 e. The number of piperidine rings is 1. The van der Waals surface area contributed by atoms with Crippen LogP contribution in [0.1, 0.15) is 36.5 Å². The first-order valence-electron chi connectivity index (χ1n) is 6.97. The molecule has 2 rings (SSSR count). The zero-order valence-electron chi connectivity index (χ0n) is 11.9. The van der Waals surface area contributed by atoms with Gasteiger partial charge in [0.25, 0.3) is 5.91 Å². The van der Waals surface area contributed by atoms with E-state index in [0.29, 0.717) is 28.7 Å². The van der Waals surface area contributed by atoms with Crippen molar-refractivity contribution in [3.05, 3.63) is 22.7 Å². The molecule has 0 saturated carbocycles. The first-order valence-corrected chi connectivity index (χ1v) is 7.34. The predicted molar refractivity (Wildman–Crippen MR) is 78.9 cm³/mol. The number of likely N-dealkylation sites (tertiary alicyclic amines) is 1. The maximum atomic E-state index is 12.5. The number of amides is 1. The average molecular weight is 298 g/mol. The maximum Gasteiger partial charge on any atom is 0.254 e. The number of hydrogen-bond acceptors (Lipinski definition) is 3. The third-order valence-electron chi connectivity index (χ3n) is 3.41. The van der Waals surface area contributed by atoms with Crippen molar-refractivity contribution < 1.29 is 14.3 Å². The number of carbonyl (C=O) groups excluding carboxylic acids is 1.